The molecule has 120 valence electrons. The van der Waals surface area contributed by atoms with Crippen LogP contribution in [-0.4, -0.2) is 37.2 Å². The molecule has 3 aromatic rings. The summed E-state index contributed by atoms with van der Waals surface area (Å²) in [5, 5.41) is 0.962. The molecule has 0 atom stereocenters. The number of hydrogen-bond donors (Lipinski definition) is 1. The highest BCUT2D eigenvalue weighted by molar-refractivity contribution is 7.16. The Morgan fingerprint density at radius 2 is 2.22 bits per heavy atom. The standard InChI is InChI=1S/C16H18N4O2S/c1-20(2)16-18-10-12(23-16)4-6-15-19-13-5-3-11(21-8-7-17)9-14(13)22-15/h3-6,9-10H,7-8,17H2,1-2H3/b6-4+. The van der Waals surface area contributed by atoms with Gasteiger partial charge in [0.25, 0.3) is 0 Å². The van der Waals surface area contributed by atoms with E-state index < -0.39 is 0 Å². The minimum atomic E-state index is 0.478. The first-order valence-electron chi connectivity index (χ1n) is 7.20. The fourth-order valence-corrected chi connectivity index (χ4v) is 2.72. The molecule has 0 aliphatic carbocycles. The van der Waals surface area contributed by atoms with E-state index in [1.54, 1.807) is 11.3 Å². The summed E-state index contributed by atoms with van der Waals surface area (Å²) in [7, 11) is 3.94. The lowest BCUT2D eigenvalue weighted by Gasteiger charge is -2.04. The number of fused-ring (bicyclic) bond motifs is 1. The fraction of sp³-hybridized carbons (Fsp3) is 0.250. The van der Waals surface area contributed by atoms with Gasteiger partial charge in [-0.15, -0.1) is 0 Å². The van der Waals surface area contributed by atoms with Crippen LogP contribution in [0.4, 0.5) is 5.13 Å². The molecule has 6 nitrogen and oxygen atoms in total. The van der Waals surface area contributed by atoms with Gasteiger partial charge in [0.1, 0.15) is 17.9 Å². The zero-order chi connectivity index (χ0) is 16.2. The van der Waals surface area contributed by atoms with Gasteiger partial charge in [-0.2, -0.15) is 0 Å². The highest BCUT2D eigenvalue weighted by Crippen LogP contribution is 2.24. The molecule has 2 heterocycles. The summed E-state index contributed by atoms with van der Waals surface area (Å²) in [6.45, 7) is 0.957. The lowest BCUT2D eigenvalue weighted by Crippen LogP contribution is -2.10. The number of anilines is 1. The van der Waals surface area contributed by atoms with Crippen molar-refractivity contribution >= 4 is 39.7 Å². The van der Waals surface area contributed by atoms with Crippen molar-refractivity contribution < 1.29 is 9.15 Å². The first-order valence-corrected chi connectivity index (χ1v) is 8.02. The van der Waals surface area contributed by atoms with Gasteiger partial charge in [0.2, 0.25) is 5.89 Å². The van der Waals surface area contributed by atoms with Crippen LogP contribution in [0.15, 0.2) is 28.8 Å². The van der Waals surface area contributed by atoms with Crippen LogP contribution in [0.3, 0.4) is 0 Å². The molecule has 0 saturated carbocycles. The van der Waals surface area contributed by atoms with Crippen molar-refractivity contribution in [2.24, 2.45) is 5.73 Å². The number of aromatic nitrogens is 2. The van der Waals surface area contributed by atoms with E-state index >= 15 is 0 Å². The SMILES string of the molecule is CN(C)c1ncc(/C=C/c2nc3ccc(OCCN)cc3o2)s1. The average molecular weight is 330 g/mol. The Labute approximate surface area is 138 Å². The van der Waals surface area contributed by atoms with Gasteiger partial charge >= 0.3 is 0 Å². The molecule has 0 amide bonds. The van der Waals surface area contributed by atoms with Crippen molar-refractivity contribution in [3.8, 4) is 5.75 Å². The lowest BCUT2D eigenvalue weighted by molar-refractivity contribution is 0.328. The van der Waals surface area contributed by atoms with Gasteiger partial charge in [-0.3, -0.25) is 0 Å². The molecular formula is C16H18N4O2S. The van der Waals surface area contributed by atoms with E-state index in [1.165, 1.54) is 0 Å². The van der Waals surface area contributed by atoms with Crippen LogP contribution in [0.25, 0.3) is 23.3 Å². The molecule has 7 heteroatoms. The number of nitrogens with two attached hydrogens (primary N) is 1. The third kappa shape index (κ3) is 3.69. The Kier molecular flexibility index (Phi) is 4.59. The number of nitrogens with zero attached hydrogens (tertiary/aromatic N) is 3. The largest absolute Gasteiger partial charge is 0.492 e. The molecule has 0 saturated heterocycles. The molecule has 2 aromatic heterocycles. The van der Waals surface area contributed by atoms with E-state index in [0.717, 1.165) is 21.3 Å². The Bertz CT molecular complexity index is 822. The van der Waals surface area contributed by atoms with Crippen LogP contribution < -0.4 is 15.4 Å². The number of oxazole rings is 1. The summed E-state index contributed by atoms with van der Waals surface area (Å²) >= 11 is 1.61. The fourth-order valence-electron chi connectivity index (χ4n) is 1.97. The normalized spacial score (nSPS) is 11.4. The van der Waals surface area contributed by atoms with Crippen LogP contribution in [-0.2, 0) is 0 Å². The predicted molar refractivity (Wildman–Crippen MR) is 93.9 cm³/mol. The Morgan fingerprint density at radius 1 is 1.35 bits per heavy atom. The monoisotopic (exact) mass is 330 g/mol. The molecule has 23 heavy (non-hydrogen) atoms. The molecule has 2 N–H and O–H groups in total. The third-order valence-electron chi connectivity index (χ3n) is 3.05. The second-order valence-corrected chi connectivity index (χ2v) is 6.13. The van der Waals surface area contributed by atoms with E-state index in [0.29, 0.717) is 24.6 Å². The molecule has 0 bridgehead atoms. The average Bonchev–Trinajstić information content (AvgIpc) is 3.16. The summed E-state index contributed by atoms with van der Waals surface area (Å²) < 4.78 is 11.2. The molecular weight excluding hydrogens is 312 g/mol. The molecule has 0 fully saturated rings. The zero-order valence-electron chi connectivity index (χ0n) is 13.0. The van der Waals surface area contributed by atoms with Gasteiger partial charge < -0.3 is 19.8 Å². The highest BCUT2D eigenvalue weighted by Gasteiger charge is 2.06. The Morgan fingerprint density at radius 3 is 2.96 bits per heavy atom. The van der Waals surface area contributed by atoms with E-state index in [2.05, 4.69) is 9.97 Å². The van der Waals surface area contributed by atoms with Crippen molar-refractivity contribution in [1.29, 1.82) is 0 Å². The number of benzene rings is 1. The first kappa shape index (κ1) is 15.5. The predicted octanol–water partition coefficient (Wildman–Crippen LogP) is 2.86. The summed E-state index contributed by atoms with van der Waals surface area (Å²) in [6, 6.07) is 5.56. The second kappa shape index (κ2) is 6.80. The maximum atomic E-state index is 5.73. The van der Waals surface area contributed by atoms with E-state index in [1.807, 2.05) is 55.5 Å². The van der Waals surface area contributed by atoms with E-state index in [9.17, 15) is 0 Å². The maximum absolute atomic E-state index is 5.73. The van der Waals surface area contributed by atoms with Crippen molar-refractivity contribution in [3.05, 3.63) is 35.2 Å². The van der Waals surface area contributed by atoms with Gasteiger partial charge in [0, 0.05) is 43.9 Å². The van der Waals surface area contributed by atoms with Crippen LogP contribution in [0.2, 0.25) is 0 Å². The van der Waals surface area contributed by atoms with Crippen molar-refractivity contribution in [2.45, 2.75) is 0 Å². The van der Waals surface area contributed by atoms with E-state index in [4.69, 9.17) is 14.9 Å². The van der Waals surface area contributed by atoms with Crippen molar-refractivity contribution in [1.82, 2.24) is 9.97 Å². The number of rotatable bonds is 6. The quantitative estimate of drug-likeness (QED) is 0.749. The van der Waals surface area contributed by atoms with Gasteiger partial charge in [-0.25, -0.2) is 9.97 Å². The molecule has 0 spiro atoms. The van der Waals surface area contributed by atoms with Gasteiger partial charge in [0.15, 0.2) is 10.7 Å². The van der Waals surface area contributed by atoms with Crippen LogP contribution >= 0.6 is 11.3 Å². The van der Waals surface area contributed by atoms with Crippen LogP contribution in [0, 0.1) is 0 Å². The summed E-state index contributed by atoms with van der Waals surface area (Å²) in [6.07, 6.45) is 5.62. The summed E-state index contributed by atoms with van der Waals surface area (Å²) in [5.41, 5.74) is 6.92. The molecule has 0 aliphatic heterocycles. The Hall–Kier alpha value is -2.38. The molecule has 0 unspecified atom stereocenters. The lowest BCUT2D eigenvalue weighted by atomic mass is 10.3. The molecule has 0 radical (unpaired) electrons. The van der Waals surface area contributed by atoms with Gasteiger partial charge in [-0.1, -0.05) is 11.3 Å². The summed E-state index contributed by atoms with van der Waals surface area (Å²) in [4.78, 5) is 11.8. The molecule has 1 aromatic carbocycles. The number of thiazole rings is 1. The summed E-state index contributed by atoms with van der Waals surface area (Å²) in [5.74, 6) is 1.28. The van der Waals surface area contributed by atoms with Crippen LogP contribution in [0.1, 0.15) is 10.8 Å². The smallest absolute Gasteiger partial charge is 0.220 e. The second-order valence-electron chi connectivity index (χ2n) is 5.09. The molecule has 3 rings (SSSR count). The number of hydrogen-bond acceptors (Lipinski definition) is 7. The topological polar surface area (TPSA) is 77.4 Å². The van der Waals surface area contributed by atoms with Crippen molar-refractivity contribution in [2.75, 3.05) is 32.1 Å². The minimum absolute atomic E-state index is 0.478. The minimum Gasteiger partial charge on any atom is -0.492 e. The van der Waals surface area contributed by atoms with E-state index in [-0.39, 0.29) is 0 Å². The van der Waals surface area contributed by atoms with Gasteiger partial charge in [0.05, 0.1) is 0 Å². The van der Waals surface area contributed by atoms with Crippen LogP contribution in [0.5, 0.6) is 5.75 Å². The van der Waals surface area contributed by atoms with Crippen molar-refractivity contribution in [3.63, 3.8) is 0 Å². The van der Waals surface area contributed by atoms with Gasteiger partial charge in [-0.05, 0) is 18.2 Å². The number of ether oxygens (including phenoxy) is 1. The third-order valence-corrected chi connectivity index (χ3v) is 4.18. The molecule has 0 aliphatic rings. The first-order chi connectivity index (χ1) is 11.2. The zero-order valence-corrected chi connectivity index (χ0v) is 13.8. The highest BCUT2D eigenvalue weighted by atomic mass is 32.1. The maximum Gasteiger partial charge on any atom is 0.220 e. The Balaban J connectivity index is 1.78.